The highest BCUT2D eigenvalue weighted by atomic mass is 16.3. The van der Waals surface area contributed by atoms with Crippen LogP contribution in [0.5, 0.6) is 0 Å². The summed E-state index contributed by atoms with van der Waals surface area (Å²) in [6, 6.07) is 0. The zero-order valence-corrected chi connectivity index (χ0v) is 16.2. The van der Waals surface area contributed by atoms with Crippen LogP contribution in [-0.2, 0) is 0 Å². The van der Waals surface area contributed by atoms with E-state index in [4.69, 9.17) is 5.11 Å². The van der Waals surface area contributed by atoms with Crippen LogP contribution in [0, 0.1) is 0 Å². The van der Waals surface area contributed by atoms with Gasteiger partial charge in [0.15, 0.2) is 0 Å². The first-order valence-corrected chi connectivity index (χ1v) is 10.0. The topological polar surface area (TPSA) is 43.7 Å². The minimum atomic E-state index is -0.712. The molecule has 0 aromatic carbocycles. The van der Waals surface area contributed by atoms with Crippen LogP contribution in [0.1, 0.15) is 96.8 Å². The van der Waals surface area contributed by atoms with Gasteiger partial charge < -0.3 is 15.1 Å². The molecule has 1 atom stereocenters. The van der Waals surface area contributed by atoms with Gasteiger partial charge in [0.2, 0.25) is 0 Å². The van der Waals surface area contributed by atoms with E-state index in [-0.39, 0.29) is 6.61 Å². The Bertz CT molecular complexity index is 246. The molecule has 0 saturated carbocycles. The van der Waals surface area contributed by atoms with Crippen molar-refractivity contribution in [2.45, 2.75) is 102 Å². The molecule has 0 aliphatic carbocycles. The summed E-state index contributed by atoms with van der Waals surface area (Å²) in [7, 11) is 3.95. The molecule has 0 fully saturated rings. The highest BCUT2D eigenvalue weighted by Gasteiger charge is 2.26. The van der Waals surface area contributed by atoms with E-state index in [0.717, 1.165) is 12.8 Å². The standard InChI is InChI=1S/C20H43NO2/c1-4-5-6-7-8-9-10-11-12-13-14-15-16-20(23,17-18-22)19-21(2)3/h22-23H,4-19H2,1-3H3. The van der Waals surface area contributed by atoms with Gasteiger partial charge in [-0.05, 0) is 20.5 Å². The second-order valence-corrected chi connectivity index (χ2v) is 7.57. The lowest BCUT2D eigenvalue weighted by atomic mass is 9.92. The maximum Gasteiger partial charge on any atom is 0.0795 e. The molecule has 0 aliphatic rings. The summed E-state index contributed by atoms with van der Waals surface area (Å²) < 4.78 is 0. The minimum Gasteiger partial charge on any atom is -0.396 e. The predicted octanol–water partition coefficient (Wildman–Crippen LogP) is 4.75. The Morgan fingerprint density at radius 1 is 0.696 bits per heavy atom. The van der Waals surface area contributed by atoms with E-state index in [1.165, 1.54) is 70.6 Å². The first-order valence-electron chi connectivity index (χ1n) is 10.0. The fourth-order valence-electron chi connectivity index (χ4n) is 3.37. The lowest BCUT2D eigenvalue weighted by Gasteiger charge is -2.30. The van der Waals surface area contributed by atoms with Gasteiger partial charge in [-0.1, -0.05) is 84.0 Å². The smallest absolute Gasteiger partial charge is 0.0795 e. The van der Waals surface area contributed by atoms with Crippen LogP contribution in [0.15, 0.2) is 0 Å². The first kappa shape index (κ1) is 22.9. The van der Waals surface area contributed by atoms with Crippen LogP contribution >= 0.6 is 0 Å². The molecule has 0 aliphatic heterocycles. The molecule has 3 nitrogen and oxygen atoms in total. The lowest BCUT2D eigenvalue weighted by Crippen LogP contribution is -2.40. The Balaban J connectivity index is 3.46. The van der Waals surface area contributed by atoms with Crippen molar-refractivity contribution >= 4 is 0 Å². The summed E-state index contributed by atoms with van der Waals surface area (Å²) in [5.41, 5.74) is -0.712. The highest BCUT2D eigenvalue weighted by molar-refractivity contribution is 4.80. The highest BCUT2D eigenvalue weighted by Crippen LogP contribution is 2.21. The number of unbranched alkanes of at least 4 members (excludes halogenated alkanes) is 11. The summed E-state index contributed by atoms with van der Waals surface area (Å²) in [6.45, 7) is 2.99. The van der Waals surface area contributed by atoms with E-state index >= 15 is 0 Å². The van der Waals surface area contributed by atoms with Crippen molar-refractivity contribution in [3.8, 4) is 0 Å². The second kappa shape index (κ2) is 15.4. The fourth-order valence-corrected chi connectivity index (χ4v) is 3.37. The molecule has 2 N–H and O–H groups in total. The Labute approximate surface area is 145 Å². The number of hydrogen-bond donors (Lipinski definition) is 2. The molecule has 0 bridgehead atoms. The van der Waals surface area contributed by atoms with Gasteiger partial charge in [-0.25, -0.2) is 0 Å². The number of nitrogens with zero attached hydrogens (tertiary/aromatic N) is 1. The van der Waals surface area contributed by atoms with Gasteiger partial charge in [-0.3, -0.25) is 0 Å². The lowest BCUT2D eigenvalue weighted by molar-refractivity contribution is -0.0140. The van der Waals surface area contributed by atoms with Gasteiger partial charge in [0.25, 0.3) is 0 Å². The van der Waals surface area contributed by atoms with Gasteiger partial charge in [-0.2, -0.15) is 0 Å². The third-order valence-corrected chi connectivity index (χ3v) is 4.68. The molecule has 0 spiro atoms. The van der Waals surface area contributed by atoms with Crippen LogP contribution in [0.25, 0.3) is 0 Å². The van der Waals surface area contributed by atoms with Crippen molar-refractivity contribution in [3.05, 3.63) is 0 Å². The van der Waals surface area contributed by atoms with Gasteiger partial charge in [0.05, 0.1) is 5.60 Å². The SMILES string of the molecule is CCCCCCCCCCCCCCC(O)(CCO)CN(C)C. The molecule has 0 amide bonds. The summed E-state index contributed by atoms with van der Waals surface area (Å²) in [6.07, 6.45) is 17.3. The molecule has 0 aromatic rings. The maximum absolute atomic E-state index is 10.5. The van der Waals surface area contributed by atoms with E-state index < -0.39 is 5.60 Å². The number of aliphatic hydroxyl groups is 2. The number of hydrogen-bond acceptors (Lipinski definition) is 3. The van der Waals surface area contributed by atoms with Crippen LogP contribution in [0.2, 0.25) is 0 Å². The monoisotopic (exact) mass is 329 g/mol. The van der Waals surface area contributed by atoms with E-state index in [0.29, 0.717) is 13.0 Å². The van der Waals surface area contributed by atoms with Crippen LogP contribution < -0.4 is 0 Å². The summed E-state index contributed by atoms with van der Waals surface area (Å²) >= 11 is 0. The zero-order valence-electron chi connectivity index (χ0n) is 16.2. The second-order valence-electron chi connectivity index (χ2n) is 7.57. The Morgan fingerprint density at radius 3 is 1.52 bits per heavy atom. The molecule has 140 valence electrons. The molecule has 3 heteroatoms. The van der Waals surface area contributed by atoms with Crippen molar-refractivity contribution in [2.75, 3.05) is 27.2 Å². The van der Waals surface area contributed by atoms with Crippen molar-refractivity contribution in [3.63, 3.8) is 0 Å². The summed E-state index contributed by atoms with van der Waals surface area (Å²) in [4.78, 5) is 2.01. The quantitative estimate of drug-likeness (QED) is 0.378. The van der Waals surface area contributed by atoms with Crippen LogP contribution in [0.3, 0.4) is 0 Å². The van der Waals surface area contributed by atoms with E-state index in [1.807, 2.05) is 19.0 Å². The Morgan fingerprint density at radius 2 is 1.13 bits per heavy atom. The average molecular weight is 330 g/mol. The van der Waals surface area contributed by atoms with Crippen LogP contribution in [0.4, 0.5) is 0 Å². The maximum atomic E-state index is 10.5. The number of likely N-dealkylation sites (N-methyl/N-ethyl adjacent to an activating group) is 1. The van der Waals surface area contributed by atoms with Crippen LogP contribution in [-0.4, -0.2) is 48.0 Å². The molecule has 0 rings (SSSR count). The van der Waals surface area contributed by atoms with Gasteiger partial charge in [0.1, 0.15) is 0 Å². The van der Waals surface area contributed by atoms with Crippen molar-refractivity contribution in [1.82, 2.24) is 4.90 Å². The molecular weight excluding hydrogens is 286 g/mol. The van der Waals surface area contributed by atoms with Crippen molar-refractivity contribution in [1.29, 1.82) is 0 Å². The Kier molecular flexibility index (Phi) is 15.3. The Hall–Kier alpha value is -0.120. The summed E-state index contributed by atoms with van der Waals surface area (Å²) in [5, 5.41) is 19.7. The third-order valence-electron chi connectivity index (χ3n) is 4.68. The molecule has 0 aromatic heterocycles. The molecule has 0 saturated heterocycles. The zero-order chi connectivity index (χ0) is 17.4. The predicted molar refractivity (Wildman–Crippen MR) is 101 cm³/mol. The normalized spacial score (nSPS) is 14.3. The molecule has 0 radical (unpaired) electrons. The van der Waals surface area contributed by atoms with Gasteiger partial charge in [-0.15, -0.1) is 0 Å². The number of aliphatic hydroxyl groups excluding tert-OH is 1. The molecule has 1 unspecified atom stereocenters. The fraction of sp³-hybridized carbons (Fsp3) is 1.00. The summed E-state index contributed by atoms with van der Waals surface area (Å²) in [5.74, 6) is 0. The van der Waals surface area contributed by atoms with Gasteiger partial charge in [0, 0.05) is 19.6 Å². The van der Waals surface area contributed by atoms with Gasteiger partial charge >= 0.3 is 0 Å². The number of rotatable bonds is 17. The molecule has 0 heterocycles. The van der Waals surface area contributed by atoms with E-state index in [1.54, 1.807) is 0 Å². The minimum absolute atomic E-state index is 0.0720. The largest absolute Gasteiger partial charge is 0.396 e. The van der Waals surface area contributed by atoms with Crippen molar-refractivity contribution < 1.29 is 10.2 Å². The van der Waals surface area contributed by atoms with E-state index in [2.05, 4.69) is 6.92 Å². The van der Waals surface area contributed by atoms with E-state index in [9.17, 15) is 5.11 Å². The third kappa shape index (κ3) is 15.2. The molecular formula is C20H43NO2. The van der Waals surface area contributed by atoms with Crippen molar-refractivity contribution in [2.24, 2.45) is 0 Å². The first-order chi connectivity index (χ1) is 11.0. The molecule has 23 heavy (non-hydrogen) atoms. The average Bonchev–Trinajstić information content (AvgIpc) is 2.48.